The Balaban J connectivity index is 0.00000288. The summed E-state index contributed by atoms with van der Waals surface area (Å²) in [6.45, 7) is 6.58. The topological polar surface area (TPSA) is 84.2 Å². The van der Waals surface area contributed by atoms with Crippen molar-refractivity contribution in [3.8, 4) is 0 Å². The minimum Gasteiger partial charge on any atom is -0.352 e. The van der Waals surface area contributed by atoms with Crippen molar-refractivity contribution in [1.82, 2.24) is 10.6 Å². The van der Waals surface area contributed by atoms with Crippen LogP contribution < -0.4 is 16.4 Å². The number of hydrogen-bond donors (Lipinski definition) is 3. The van der Waals surface area contributed by atoms with Gasteiger partial charge in [0.25, 0.3) is 5.91 Å². The zero-order valence-corrected chi connectivity index (χ0v) is 15.4. The van der Waals surface area contributed by atoms with E-state index in [1.165, 1.54) is 0 Å². The Kier molecular flexibility index (Phi) is 7.24. The Bertz CT molecular complexity index is 563. The molecule has 5 nitrogen and oxygen atoms in total. The molecule has 1 saturated carbocycles. The van der Waals surface area contributed by atoms with E-state index in [9.17, 15) is 9.59 Å². The molecule has 0 aromatic heterocycles. The first-order valence-electron chi connectivity index (χ1n) is 8.19. The second kappa shape index (κ2) is 8.49. The summed E-state index contributed by atoms with van der Waals surface area (Å²) in [7, 11) is 0. The molecule has 1 aromatic rings. The summed E-state index contributed by atoms with van der Waals surface area (Å²) in [4.78, 5) is 24.1. The summed E-state index contributed by atoms with van der Waals surface area (Å²) in [5.41, 5.74) is 6.90. The molecule has 1 fully saturated rings. The Morgan fingerprint density at radius 2 is 1.79 bits per heavy atom. The Morgan fingerprint density at radius 1 is 1.21 bits per heavy atom. The first-order chi connectivity index (χ1) is 10.8. The minimum atomic E-state index is -0.403. The number of rotatable bonds is 6. The largest absolute Gasteiger partial charge is 0.352 e. The number of nitrogens with one attached hydrogen (secondary N) is 2. The first-order valence-corrected chi connectivity index (χ1v) is 8.19. The van der Waals surface area contributed by atoms with Crippen LogP contribution in [-0.4, -0.2) is 24.4 Å². The molecule has 0 spiro atoms. The fourth-order valence-corrected chi connectivity index (χ4v) is 2.34. The van der Waals surface area contributed by atoms with Crippen molar-refractivity contribution in [3.05, 3.63) is 35.4 Å². The van der Waals surface area contributed by atoms with Gasteiger partial charge in [-0.3, -0.25) is 9.59 Å². The lowest BCUT2D eigenvalue weighted by Crippen LogP contribution is -2.41. The standard InChI is InChI=1S/C18H27N3O2.ClH/c1-18(2,3)17(23)20-11-12-4-6-14(7-5-12)16(22)21-15(10-19)13-8-9-13;/h4-7,13,15H,8-11,19H2,1-3H3,(H,20,23)(H,21,22);1H. The summed E-state index contributed by atoms with van der Waals surface area (Å²) < 4.78 is 0. The molecule has 1 atom stereocenters. The van der Waals surface area contributed by atoms with Crippen LogP contribution in [0, 0.1) is 11.3 Å². The molecule has 1 aromatic carbocycles. The predicted molar refractivity (Wildman–Crippen MR) is 98.0 cm³/mol. The first kappa shape index (κ1) is 20.5. The summed E-state index contributed by atoms with van der Waals surface area (Å²) in [6.07, 6.45) is 2.29. The number of nitrogens with two attached hydrogens (primary N) is 1. The van der Waals surface area contributed by atoms with Crippen LogP contribution >= 0.6 is 12.4 Å². The third-order valence-electron chi connectivity index (χ3n) is 4.11. The zero-order valence-electron chi connectivity index (χ0n) is 14.6. The second-order valence-corrected chi connectivity index (χ2v) is 7.28. The molecule has 6 heteroatoms. The van der Waals surface area contributed by atoms with Crippen LogP contribution in [0.4, 0.5) is 0 Å². The van der Waals surface area contributed by atoms with E-state index in [-0.39, 0.29) is 30.3 Å². The predicted octanol–water partition coefficient (Wildman–Crippen LogP) is 2.24. The van der Waals surface area contributed by atoms with Gasteiger partial charge in [-0.2, -0.15) is 0 Å². The van der Waals surface area contributed by atoms with Crippen LogP contribution in [0.25, 0.3) is 0 Å². The molecule has 4 N–H and O–H groups in total. The molecule has 1 aliphatic rings. The van der Waals surface area contributed by atoms with Gasteiger partial charge in [-0.1, -0.05) is 32.9 Å². The highest BCUT2D eigenvalue weighted by atomic mass is 35.5. The molecule has 0 heterocycles. The van der Waals surface area contributed by atoms with E-state index >= 15 is 0 Å². The molecule has 2 rings (SSSR count). The van der Waals surface area contributed by atoms with Gasteiger partial charge in [-0.15, -0.1) is 12.4 Å². The summed E-state index contributed by atoms with van der Waals surface area (Å²) in [5, 5.41) is 5.90. The normalized spacial score (nSPS) is 15.2. The molecule has 0 radical (unpaired) electrons. The van der Waals surface area contributed by atoms with Crippen LogP contribution in [0.5, 0.6) is 0 Å². The summed E-state index contributed by atoms with van der Waals surface area (Å²) in [5.74, 6) is 0.461. The van der Waals surface area contributed by atoms with Crippen molar-refractivity contribution in [1.29, 1.82) is 0 Å². The highest BCUT2D eigenvalue weighted by Gasteiger charge is 2.31. The summed E-state index contributed by atoms with van der Waals surface area (Å²) >= 11 is 0. The van der Waals surface area contributed by atoms with E-state index in [2.05, 4.69) is 10.6 Å². The lowest BCUT2D eigenvalue weighted by molar-refractivity contribution is -0.128. The number of amides is 2. The van der Waals surface area contributed by atoms with Gasteiger partial charge in [0, 0.05) is 30.1 Å². The van der Waals surface area contributed by atoms with Gasteiger partial charge < -0.3 is 16.4 Å². The van der Waals surface area contributed by atoms with Gasteiger partial charge in [0.05, 0.1) is 0 Å². The van der Waals surface area contributed by atoms with Crippen molar-refractivity contribution in [3.63, 3.8) is 0 Å². The van der Waals surface area contributed by atoms with Crippen LogP contribution in [0.2, 0.25) is 0 Å². The molecule has 2 amide bonds. The maximum atomic E-state index is 12.2. The van der Waals surface area contributed by atoms with Crippen molar-refractivity contribution >= 4 is 24.2 Å². The van der Waals surface area contributed by atoms with Crippen LogP contribution in [0.3, 0.4) is 0 Å². The molecule has 1 unspecified atom stereocenters. The molecule has 0 saturated heterocycles. The molecular weight excluding hydrogens is 326 g/mol. The van der Waals surface area contributed by atoms with Gasteiger partial charge in [-0.25, -0.2) is 0 Å². The van der Waals surface area contributed by atoms with Gasteiger partial charge in [0.1, 0.15) is 0 Å². The van der Waals surface area contributed by atoms with E-state index in [1.807, 2.05) is 32.9 Å². The van der Waals surface area contributed by atoms with Crippen LogP contribution in [0.15, 0.2) is 24.3 Å². The van der Waals surface area contributed by atoms with Gasteiger partial charge in [0.15, 0.2) is 0 Å². The summed E-state index contributed by atoms with van der Waals surface area (Å²) in [6, 6.07) is 7.38. The Labute approximate surface area is 150 Å². The molecule has 24 heavy (non-hydrogen) atoms. The van der Waals surface area contributed by atoms with E-state index in [4.69, 9.17) is 5.73 Å². The van der Waals surface area contributed by atoms with Gasteiger partial charge in [0.2, 0.25) is 5.91 Å². The fourth-order valence-electron chi connectivity index (χ4n) is 2.34. The highest BCUT2D eigenvalue weighted by molar-refractivity contribution is 5.94. The molecule has 134 valence electrons. The lowest BCUT2D eigenvalue weighted by atomic mass is 9.95. The fraction of sp³-hybridized carbons (Fsp3) is 0.556. The monoisotopic (exact) mass is 353 g/mol. The van der Waals surface area contributed by atoms with Crippen LogP contribution in [-0.2, 0) is 11.3 Å². The van der Waals surface area contributed by atoms with Gasteiger partial charge >= 0.3 is 0 Å². The molecule has 0 bridgehead atoms. The minimum absolute atomic E-state index is 0. The molecule has 1 aliphatic carbocycles. The SMILES string of the molecule is CC(C)(C)C(=O)NCc1ccc(C(=O)NC(CN)C2CC2)cc1.Cl. The number of carbonyl (C=O) groups is 2. The highest BCUT2D eigenvalue weighted by Crippen LogP contribution is 2.32. The number of benzene rings is 1. The zero-order chi connectivity index (χ0) is 17.0. The Morgan fingerprint density at radius 3 is 2.25 bits per heavy atom. The van der Waals surface area contributed by atoms with E-state index in [1.54, 1.807) is 12.1 Å². The van der Waals surface area contributed by atoms with Crippen molar-refractivity contribution in [2.45, 2.75) is 46.2 Å². The van der Waals surface area contributed by atoms with E-state index in [0.717, 1.165) is 18.4 Å². The maximum Gasteiger partial charge on any atom is 0.251 e. The maximum absolute atomic E-state index is 12.2. The van der Waals surface area contributed by atoms with E-state index in [0.29, 0.717) is 24.6 Å². The quantitative estimate of drug-likeness (QED) is 0.733. The number of carbonyl (C=O) groups excluding carboxylic acids is 2. The van der Waals surface area contributed by atoms with Crippen molar-refractivity contribution in [2.75, 3.05) is 6.54 Å². The lowest BCUT2D eigenvalue weighted by Gasteiger charge is -2.18. The number of halogens is 1. The smallest absolute Gasteiger partial charge is 0.251 e. The average molecular weight is 354 g/mol. The second-order valence-electron chi connectivity index (χ2n) is 7.28. The third-order valence-corrected chi connectivity index (χ3v) is 4.11. The van der Waals surface area contributed by atoms with Crippen molar-refractivity contribution < 1.29 is 9.59 Å². The average Bonchev–Trinajstić information content (AvgIpc) is 3.34. The van der Waals surface area contributed by atoms with Crippen LogP contribution in [0.1, 0.15) is 49.5 Å². The van der Waals surface area contributed by atoms with Gasteiger partial charge in [-0.05, 0) is 36.5 Å². The van der Waals surface area contributed by atoms with E-state index < -0.39 is 5.41 Å². The van der Waals surface area contributed by atoms with Crippen molar-refractivity contribution in [2.24, 2.45) is 17.1 Å². The number of hydrogen-bond acceptors (Lipinski definition) is 3. The Hall–Kier alpha value is -1.59. The molecule has 0 aliphatic heterocycles. The molecular formula is C18H28ClN3O2. The third kappa shape index (κ3) is 5.80.